The Labute approximate surface area is 141 Å². The zero-order valence-electron chi connectivity index (χ0n) is 14.3. The summed E-state index contributed by atoms with van der Waals surface area (Å²) in [5, 5.41) is 0. The minimum Gasteiger partial charge on any atom is -0.377 e. The monoisotopic (exact) mass is 368 g/mol. The molecule has 0 heterocycles. The van der Waals surface area contributed by atoms with Crippen molar-refractivity contribution in [1.82, 2.24) is 0 Å². The van der Waals surface area contributed by atoms with Gasteiger partial charge in [0.15, 0.2) is 23.3 Å². The van der Waals surface area contributed by atoms with E-state index in [4.69, 9.17) is 13.3 Å². The van der Waals surface area contributed by atoms with Gasteiger partial charge in [0, 0.05) is 26.9 Å². The molecule has 3 nitrogen and oxygen atoms in total. The van der Waals surface area contributed by atoms with Gasteiger partial charge in [-0.05, 0) is 37.8 Å². The highest BCUT2D eigenvalue weighted by atomic mass is 28.4. The van der Waals surface area contributed by atoms with Crippen molar-refractivity contribution < 1.29 is 30.8 Å². The molecule has 8 heteroatoms. The average molecular weight is 368 g/mol. The second-order valence-electron chi connectivity index (χ2n) is 5.40. The molecule has 0 N–H and O–H groups in total. The summed E-state index contributed by atoms with van der Waals surface area (Å²) in [6.07, 6.45) is 3.07. The lowest BCUT2D eigenvalue weighted by atomic mass is 10.1. The van der Waals surface area contributed by atoms with E-state index in [-0.39, 0.29) is 12.0 Å². The van der Waals surface area contributed by atoms with Crippen LogP contribution in [0.1, 0.15) is 38.2 Å². The summed E-state index contributed by atoms with van der Waals surface area (Å²) in [6, 6.07) is 1.39. The molecule has 0 unspecified atom stereocenters. The van der Waals surface area contributed by atoms with Crippen molar-refractivity contribution in [2.75, 3.05) is 20.8 Å². The summed E-state index contributed by atoms with van der Waals surface area (Å²) in [5.41, 5.74) is -0.141. The molecule has 138 valence electrons. The Morgan fingerprint density at radius 2 is 1.50 bits per heavy atom. The van der Waals surface area contributed by atoms with Crippen LogP contribution in [0, 0.1) is 23.3 Å². The summed E-state index contributed by atoms with van der Waals surface area (Å²) in [5.74, 6) is -6.20. The number of benzene rings is 1. The summed E-state index contributed by atoms with van der Waals surface area (Å²) < 4.78 is 69.0. The van der Waals surface area contributed by atoms with Crippen LogP contribution in [-0.4, -0.2) is 29.6 Å². The zero-order chi connectivity index (χ0) is 18.2. The Kier molecular flexibility index (Phi) is 8.89. The highest BCUT2D eigenvalue weighted by molar-refractivity contribution is 6.60. The Hall–Kier alpha value is -0.963. The van der Waals surface area contributed by atoms with E-state index >= 15 is 0 Å². The van der Waals surface area contributed by atoms with Crippen molar-refractivity contribution in [3.05, 3.63) is 34.9 Å². The maximum atomic E-state index is 13.5. The lowest BCUT2D eigenvalue weighted by Crippen LogP contribution is -2.43. The van der Waals surface area contributed by atoms with Crippen LogP contribution in [0.4, 0.5) is 17.6 Å². The highest BCUT2D eigenvalue weighted by Crippen LogP contribution is 2.22. The smallest absolute Gasteiger partial charge is 0.377 e. The van der Waals surface area contributed by atoms with E-state index in [1.165, 1.54) is 0 Å². The molecule has 1 aromatic carbocycles. The van der Waals surface area contributed by atoms with Crippen LogP contribution in [0.5, 0.6) is 0 Å². The normalized spacial score (nSPS) is 12.0. The quantitative estimate of drug-likeness (QED) is 0.188. The molecular weight excluding hydrogens is 344 g/mol. The zero-order valence-corrected chi connectivity index (χ0v) is 15.3. The third kappa shape index (κ3) is 5.54. The minimum absolute atomic E-state index is 0.141. The topological polar surface area (TPSA) is 27.7 Å². The van der Waals surface area contributed by atoms with E-state index in [0.29, 0.717) is 19.1 Å². The van der Waals surface area contributed by atoms with Gasteiger partial charge in [-0.2, -0.15) is 0 Å². The van der Waals surface area contributed by atoms with Gasteiger partial charge in [0.1, 0.15) is 0 Å². The van der Waals surface area contributed by atoms with Crippen LogP contribution in [0.2, 0.25) is 6.04 Å². The standard InChI is InChI=1S/C16H24F4O3Si/c1-4-23-24(21-2,22-3)10-8-6-5-7-9-12-11-13(17)15(19)16(20)14(12)18/h11H,4-10H2,1-3H3. The molecule has 0 aliphatic heterocycles. The van der Waals surface area contributed by atoms with Gasteiger partial charge >= 0.3 is 8.80 Å². The third-order valence-electron chi connectivity index (χ3n) is 3.84. The molecule has 0 amide bonds. The van der Waals surface area contributed by atoms with Gasteiger partial charge in [0.2, 0.25) is 0 Å². The lowest BCUT2D eigenvalue weighted by molar-refractivity contribution is 0.103. The van der Waals surface area contributed by atoms with Gasteiger partial charge < -0.3 is 13.3 Å². The largest absolute Gasteiger partial charge is 0.500 e. The molecule has 0 aliphatic carbocycles. The van der Waals surface area contributed by atoms with E-state index in [0.717, 1.165) is 25.3 Å². The molecule has 0 aromatic heterocycles. The molecule has 0 bridgehead atoms. The Balaban J connectivity index is 2.40. The van der Waals surface area contributed by atoms with Crippen molar-refractivity contribution in [3.8, 4) is 0 Å². The van der Waals surface area contributed by atoms with Crippen molar-refractivity contribution in [1.29, 1.82) is 0 Å². The van der Waals surface area contributed by atoms with Crippen molar-refractivity contribution in [2.45, 2.75) is 45.1 Å². The van der Waals surface area contributed by atoms with Crippen molar-refractivity contribution >= 4 is 8.80 Å². The van der Waals surface area contributed by atoms with E-state index in [2.05, 4.69) is 0 Å². The molecule has 1 rings (SSSR count). The van der Waals surface area contributed by atoms with Gasteiger partial charge in [0.25, 0.3) is 0 Å². The van der Waals surface area contributed by atoms with Gasteiger partial charge in [-0.3, -0.25) is 0 Å². The third-order valence-corrected chi connectivity index (χ3v) is 6.78. The average Bonchev–Trinajstić information content (AvgIpc) is 2.59. The number of rotatable bonds is 11. The molecular formula is C16H24F4O3Si. The summed E-state index contributed by atoms with van der Waals surface area (Å²) >= 11 is 0. The molecule has 0 aliphatic rings. The predicted octanol–water partition coefficient (Wildman–Crippen LogP) is 4.61. The molecule has 0 fully saturated rings. The summed E-state index contributed by atoms with van der Waals surface area (Å²) in [6.45, 7) is 2.38. The van der Waals surface area contributed by atoms with E-state index in [1.54, 1.807) is 14.2 Å². The van der Waals surface area contributed by atoms with Crippen molar-refractivity contribution in [2.24, 2.45) is 0 Å². The Bertz CT molecular complexity index is 525. The van der Waals surface area contributed by atoms with Gasteiger partial charge in [-0.1, -0.05) is 12.8 Å². The predicted molar refractivity (Wildman–Crippen MR) is 84.7 cm³/mol. The molecule has 0 atom stereocenters. The number of hydrogen-bond acceptors (Lipinski definition) is 3. The number of halogens is 4. The fourth-order valence-corrected chi connectivity index (χ4v) is 4.59. The van der Waals surface area contributed by atoms with E-state index in [1.807, 2.05) is 6.92 Å². The van der Waals surface area contributed by atoms with Crippen LogP contribution in [-0.2, 0) is 19.7 Å². The number of hydrogen-bond donors (Lipinski definition) is 0. The fourth-order valence-electron chi connectivity index (χ4n) is 2.51. The molecule has 0 radical (unpaired) electrons. The summed E-state index contributed by atoms with van der Waals surface area (Å²) in [7, 11) is 0.524. The summed E-state index contributed by atoms with van der Waals surface area (Å²) in [4.78, 5) is 0. The molecule has 1 aromatic rings. The number of unbranched alkanes of at least 4 members (excludes halogenated alkanes) is 3. The van der Waals surface area contributed by atoms with E-state index < -0.39 is 32.1 Å². The highest BCUT2D eigenvalue weighted by Gasteiger charge is 2.37. The minimum atomic E-state index is -2.60. The Morgan fingerprint density at radius 3 is 2.08 bits per heavy atom. The Morgan fingerprint density at radius 1 is 0.875 bits per heavy atom. The van der Waals surface area contributed by atoms with Crippen LogP contribution in [0.15, 0.2) is 6.07 Å². The first kappa shape index (κ1) is 21.1. The molecule has 0 saturated heterocycles. The first-order chi connectivity index (χ1) is 11.4. The maximum Gasteiger partial charge on any atom is 0.500 e. The van der Waals surface area contributed by atoms with Gasteiger partial charge in [-0.25, -0.2) is 17.6 Å². The maximum absolute atomic E-state index is 13.5. The second kappa shape index (κ2) is 10.1. The fraction of sp³-hybridized carbons (Fsp3) is 0.625. The molecule has 0 saturated carbocycles. The first-order valence-corrected chi connectivity index (χ1v) is 9.90. The number of aryl methyl sites for hydroxylation is 1. The van der Waals surface area contributed by atoms with Crippen LogP contribution in [0.25, 0.3) is 0 Å². The van der Waals surface area contributed by atoms with Crippen LogP contribution >= 0.6 is 0 Å². The molecule has 24 heavy (non-hydrogen) atoms. The lowest BCUT2D eigenvalue weighted by Gasteiger charge is -2.25. The van der Waals surface area contributed by atoms with E-state index in [9.17, 15) is 17.6 Å². The van der Waals surface area contributed by atoms with Gasteiger partial charge in [0.05, 0.1) is 0 Å². The van der Waals surface area contributed by atoms with Crippen LogP contribution in [0.3, 0.4) is 0 Å². The SMILES string of the molecule is CCO[Si](CCCCCCc1cc(F)c(F)c(F)c1F)(OC)OC. The van der Waals surface area contributed by atoms with Gasteiger partial charge in [-0.15, -0.1) is 0 Å². The van der Waals surface area contributed by atoms with Crippen LogP contribution < -0.4 is 0 Å². The van der Waals surface area contributed by atoms with Crippen molar-refractivity contribution in [3.63, 3.8) is 0 Å². The first-order valence-electron chi connectivity index (χ1n) is 7.97. The molecule has 0 spiro atoms. The second-order valence-corrected chi connectivity index (χ2v) is 8.37.